The van der Waals surface area contributed by atoms with Crippen molar-refractivity contribution < 1.29 is 14.3 Å². The van der Waals surface area contributed by atoms with Crippen LogP contribution < -0.4 is 0 Å². The largest absolute Gasteiger partial charge is 0.465 e. The van der Waals surface area contributed by atoms with Gasteiger partial charge in [0, 0.05) is 13.1 Å². The lowest BCUT2D eigenvalue weighted by Gasteiger charge is -2.32. The van der Waals surface area contributed by atoms with E-state index in [9.17, 15) is 9.59 Å². The first-order valence-corrected chi connectivity index (χ1v) is 6.71. The van der Waals surface area contributed by atoms with E-state index in [-0.39, 0.29) is 24.5 Å². The number of amides is 1. The molecule has 1 heterocycles. The minimum atomic E-state index is -0.279. The third-order valence-electron chi connectivity index (χ3n) is 3.37. The molecule has 0 N–H and O–H groups in total. The second kappa shape index (κ2) is 7.36. The van der Waals surface area contributed by atoms with Gasteiger partial charge in [-0.3, -0.25) is 14.5 Å². The van der Waals surface area contributed by atoms with E-state index in [4.69, 9.17) is 4.74 Å². The molecule has 1 rings (SSSR count). The van der Waals surface area contributed by atoms with Gasteiger partial charge in [-0.1, -0.05) is 0 Å². The SMILES string of the molecule is CCOC(=O)CN(C)C(C)C(=O)N1CCCCC1. The molecule has 0 aliphatic carbocycles. The van der Waals surface area contributed by atoms with Crippen LogP contribution in [0.25, 0.3) is 0 Å². The number of carbonyl (C=O) groups excluding carboxylic acids is 2. The van der Waals surface area contributed by atoms with Crippen molar-refractivity contribution in [2.24, 2.45) is 0 Å². The summed E-state index contributed by atoms with van der Waals surface area (Å²) in [5.41, 5.74) is 0. The number of esters is 1. The summed E-state index contributed by atoms with van der Waals surface area (Å²) >= 11 is 0. The Kier molecular flexibility index (Phi) is 6.12. The summed E-state index contributed by atoms with van der Waals surface area (Å²) in [5, 5.41) is 0. The molecule has 18 heavy (non-hydrogen) atoms. The van der Waals surface area contributed by atoms with Gasteiger partial charge in [0.1, 0.15) is 0 Å². The summed E-state index contributed by atoms with van der Waals surface area (Å²) in [6.45, 7) is 5.85. The fourth-order valence-electron chi connectivity index (χ4n) is 2.11. The van der Waals surface area contributed by atoms with Gasteiger partial charge >= 0.3 is 5.97 Å². The number of ether oxygens (including phenoxy) is 1. The summed E-state index contributed by atoms with van der Waals surface area (Å²) in [5.74, 6) is -0.167. The fourth-order valence-corrected chi connectivity index (χ4v) is 2.11. The predicted octanol–water partition coefficient (Wildman–Crippen LogP) is 0.882. The normalized spacial score (nSPS) is 17.7. The van der Waals surface area contributed by atoms with E-state index in [1.807, 2.05) is 11.8 Å². The average Bonchev–Trinajstić information content (AvgIpc) is 2.38. The number of likely N-dealkylation sites (tertiary alicyclic amines) is 1. The Morgan fingerprint density at radius 1 is 1.28 bits per heavy atom. The zero-order valence-electron chi connectivity index (χ0n) is 11.6. The van der Waals surface area contributed by atoms with Gasteiger partial charge in [0.25, 0.3) is 0 Å². The van der Waals surface area contributed by atoms with E-state index in [1.165, 1.54) is 6.42 Å². The molecule has 0 aromatic rings. The van der Waals surface area contributed by atoms with Crippen LogP contribution in [-0.4, -0.2) is 61.0 Å². The zero-order chi connectivity index (χ0) is 13.5. The Balaban J connectivity index is 2.43. The van der Waals surface area contributed by atoms with Crippen molar-refractivity contribution in [2.45, 2.75) is 39.2 Å². The third kappa shape index (κ3) is 4.29. The highest BCUT2D eigenvalue weighted by Crippen LogP contribution is 2.11. The fraction of sp³-hybridized carbons (Fsp3) is 0.846. The van der Waals surface area contributed by atoms with Crippen molar-refractivity contribution in [1.29, 1.82) is 0 Å². The molecular weight excluding hydrogens is 232 g/mol. The first-order valence-electron chi connectivity index (χ1n) is 6.71. The molecule has 1 atom stereocenters. The third-order valence-corrected chi connectivity index (χ3v) is 3.37. The zero-order valence-corrected chi connectivity index (χ0v) is 11.6. The topological polar surface area (TPSA) is 49.9 Å². The maximum atomic E-state index is 12.2. The Bertz CT molecular complexity index is 288. The summed E-state index contributed by atoms with van der Waals surface area (Å²) in [6, 6.07) is -0.271. The van der Waals surface area contributed by atoms with Gasteiger partial charge < -0.3 is 9.64 Å². The standard InChI is InChI=1S/C13H24N2O3/c1-4-18-12(16)10-14(3)11(2)13(17)15-8-6-5-7-9-15/h11H,4-10H2,1-3H3. The lowest BCUT2D eigenvalue weighted by Crippen LogP contribution is -2.48. The molecule has 1 amide bonds. The lowest BCUT2D eigenvalue weighted by molar-refractivity contribution is -0.146. The van der Waals surface area contributed by atoms with Crippen molar-refractivity contribution in [2.75, 3.05) is 33.3 Å². The highest BCUT2D eigenvalue weighted by molar-refractivity contribution is 5.82. The molecule has 1 fully saturated rings. The minimum Gasteiger partial charge on any atom is -0.465 e. The highest BCUT2D eigenvalue weighted by Gasteiger charge is 2.26. The molecule has 0 aromatic heterocycles. The number of rotatable bonds is 5. The number of hydrogen-bond acceptors (Lipinski definition) is 4. The molecule has 0 bridgehead atoms. The molecular formula is C13H24N2O3. The smallest absolute Gasteiger partial charge is 0.320 e. The van der Waals surface area contributed by atoms with E-state index in [1.54, 1.807) is 18.9 Å². The maximum Gasteiger partial charge on any atom is 0.320 e. The number of piperidine rings is 1. The first-order chi connectivity index (χ1) is 8.56. The van der Waals surface area contributed by atoms with Gasteiger partial charge in [-0.05, 0) is 40.2 Å². The number of nitrogens with zero attached hydrogens (tertiary/aromatic N) is 2. The van der Waals surface area contributed by atoms with E-state index in [0.29, 0.717) is 6.61 Å². The molecule has 104 valence electrons. The molecule has 5 heteroatoms. The van der Waals surface area contributed by atoms with Crippen LogP contribution in [0.1, 0.15) is 33.1 Å². The van der Waals surface area contributed by atoms with Crippen LogP contribution in [-0.2, 0) is 14.3 Å². The van der Waals surface area contributed by atoms with E-state index < -0.39 is 0 Å². The number of carbonyl (C=O) groups is 2. The number of hydrogen-bond donors (Lipinski definition) is 0. The van der Waals surface area contributed by atoms with Crippen LogP contribution in [0.3, 0.4) is 0 Å². The van der Waals surface area contributed by atoms with Crippen molar-refractivity contribution in [3.05, 3.63) is 0 Å². The number of likely N-dealkylation sites (N-methyl/N-ethyl adjacent to an activating group) is 1. The van der Waals surface area contributed by atoms with E-state index in [2.05, 4.69) is 0 Å². The van der Waals surface area contributed by atoms with Crippen LogP contribution in [0.5, 0.6) is 0 Å². The minimum absolute atomic E-state index is 0.112. The van der Waals surface area contributed by atoms with Crippen molar-refractivity contribution in [3.63, 3.8) is 0 Å². The second-order valence-corrected chi connectivity index (χ2v) is 4.78. The van der Waals surface area contributed by atoms with Gasteiger partial charge in [0.05, 0.1) is 19.2 Å². The second-order valence-electron chi connectivity index (χ2n) is 4.78. The van der Waals surface area contributed by atoms with Crippen LogP contribution in [0.2, 0.25) is 0 Å². The molecule has 0 saturated carbocycles. The molecule has 1 aliphatic heterocycles. The summed E-state index contributed by atoms with van der Waals surface area (Å²) in [7, 11) is 1.78. The Morgan fingerprint density at radius 2 is 1.89 bits per heavy atom. The quantitative estimate of drug-likeness (QED) is 0.685. The molecule has 1 unspecified atom stereocenters. The predicted molar refractivity (Wildman–Crippen MR) is 69.2 cm³/mol. The van der Waals surface area contributed by atoms with Crippen LogP contribution in [0, 0.1) is 0 Å². The Morgan fingerprint density at radius 3 is 2.44 bits per heavy atom. The molecule has 0 spiro atoms. The molecule has 5 nitrogen and oxygen atoms in total. The Labute approximate surface area is 109 Å². The van der Waals surface area contributed by atoms with Crippen molar-refractivity contribution in [3.8, 4) is 0 Å². The first kappa shape index (κ1) is 15.0. The molecule has 1 saturated heterocycles. The summed E-state index contributed by atoms with van der Waals surface area (Å²) < 4.78 is 4.88. The van der Waals surface area contributed by atoms with Gasteiger partial charge in [-0.15, -0.1) is 0 Å². The van der Waals surface area contributed by atoms with Crippen LogP contribution in [0.15, 0.2) is 0 Å². The maximum absolute atomic E-state index is 12.2. The molecule has 0 aromatic carbocycles. The summed E-state index contributed by atoms with van der Waals surface area (Å²) in [6.07, 6.45) is 3.37. The van der Waals surface area contributed by atoms with Gasteiger partial charge in [0.2, 0.25) is 5.91 Å². The van der Waals surface area contributed by atoms with Gasteiger partial charge in [0.15, 0.2) is 0 Å². The lowest BCUT2D eigenvalue weighted by atomic mass is 10.1. The highest BCUT2D eigenvalue weighted by atomic mass is 16.5. The Hall–Kier alpha value is -1.10. The summed E-state index contributed by atoms with van der Waals surface area (Å²) in [4.78, 5) is 27.2. The van der Waals surface area contributed by atoms with Gasteiger partial charge in [-0.25, -0.2) is 0 Å². The van der Waals surface area contributed by atoms with Gasteiger partial charge in [-0.2, -0.15) is 0 Å². The van der Waals surface area contributed by atoms with Crippen LogP contribution >= 0.6 is 0 Å². The molecule has 1 aliphatic rings. The van der Waals surface area contributed by atoms with Crippen LogP contribution in [0.4, 0.5) is 0 Å². The average molecular weight is 256 g/mol. The van der Waals surface area contributed by atoms with Crippen molar-refractivity contribution >= 4 is 11.9 Å². The monoisotopic (exact) mass is 256 g/mol. The molecule has 0 radical (unpaired) electrons. The van der Waals surface area contributed by atoms with Crippen molar-refractivity contribution in [1.82, 2.24) is 9.80 Å². The van der Waals surface area contributed by atoms with E-state index >= 15 is 0 Å². The van der Waals surface area contributed by atoms with E-state index in [0.717, 1.165) is 25.9 Å².